The number of aromatic nitrogens is 1. The lowest BCUT2D eigenvalue weighted by Crippen LogP contribution is -2.18. The van der Waals surface area contributed by atoms with E-state index in [1.165, 1.54) is 65.1 Å². The lowest BCUT2D eigenvalue weighted by atomic mass is 9.94. The van der Waals surface area contributed by atoms with Crippen molar-refractivity contribution in [1.82, 2.24) is 4.57 Å². The molecule has 1 nitrogen and oxygen atoms in total. The van der Waals surface area contributed by atoms with Gasteiger partial charge >= 0.3 is 0 Å². The Morgan fingerprint density at radius 2 is 1.32 bits per heavy atom. The summed E-state index contributed by atoms with van der Waals surface area (Å²) in [5.74, 6) is 0. The molecule has 3 heterocycles. The fourth-order valence-corrected chi connectivity index (χ4v) is 8.01. The van der Waals surface area contributed by atoms with E-state index in [2.05, 4.69) is 143 Å². The zero-order valence-corrected chi connectivity index (χ0v) is 21.7. The maximum absolute atomic E-state index is 2.42. The molecule has 2 aliphatic rings. The Balaban J connectivity index is 1.24. The van der Waals surface area contributed by atoms with E-state index in [4.69, 9.17) is 0 Å². The lowest BCUT2D eigenvalue weighted by molar-refractivity contribution is 1.18. The predicted octanol–water partition coefficient (Wildman–Crippen LogP) is 9.31. The van der Waals surface area contributed by atoms with Crippen LogP contribution in [0.3, 0.4) is 0 Å². The molecule has 1 aromatic heterocycles. The summed E-state index contributed by atoms with van der Waals surface area (Å²) in [5.41, 5.74) is 10.5. The molecule has 6 aromatic rings. The van der Waals surface area contributed by atoms with Crippen molar-refractivity contribution >= 4 is 37.2 Å². The fourth-order valence-electron chi connectivity index (χ4n) is 5.99. The third-order valence-corrected chi connectivity index (χ3v) is 9.92. The van der Waals surface area contributed by atoms with Gasteiger partial charge < -0.3 is 4.57 Å². The van der Waals surface area contributed by atoms with Crippen LogP contribution in [0, 0.1) is 0 Å². The van der Waals surface area contributed by atoms with Gasteiger partial charge in [0.15, 0.2) is 0 Å². The van der Waals surface area contributed by atoms with Crippen LogP contribution in [0.25, 0.3) is 38.6 Å². The van der Waals surface area contributed by atoms with Crippen molar-refractivity contribution in [3.8, 4) is 16.8 Å². The number of nitrogens with zero attached hydrogens (tertiary/aromatic N) is 1. The molecule has 5 aromatic carbocycles. The lowest BCUT2D eigenvalue weighted by Gasteiger charge is -2.31. The zero-order valence-electron chi connectivity index (χ0n) is 20.8. The highest BCUT2D eigenvalue weighted by atomic mass is 32.2. The molecule has 0 bridgehead atoms. The quantitative estimate of drug-likeness (QED) is 0.211. The van der Waals surface area contributed by atoms with Crippen LogP contribution in [0.15, 0.2) is 149 Å². The fraction of sp³-hybridized carbons (Fsp3) is 0.0278. The van der Waals surface area contributed by atoms with Crippen molar-refractivity contribution in [2.45, 2.75) is 11.3 Å². The van der Waals surface area contributed by atoms with Crippen LogP contribution in [-0.4, -0.2) is 9.43 Å². The molecule has 0 saturated carbocycles. The van der Waals surface area contributed by atoms with Gasteiger partial charge in [-0.3, -0.25) is 0 Å². The number of rotatable bonds is 4. The molecule has 2 heteroatoms. The second-order valence-electron chi connectivity index (χ2n) is 9.98. The van der Waals surface area contributed by atoms with E-state index >= 15 is 0 Å². The van der Waals surface area contributed by atoms with E-state index in [9.17, 15) is 0 Å². The molecule has 0 spiro atoms. The summed E-state index contributed by atoms with van der Waals surface area (Å²) in [4.78, 5) is 2.99. The summed E-state index contributed by atoms with van der Waals surface area (Å²) >= 11 is 0. The van der Waals surface area contributed by atoms with Crippen molar-refractivity contribution in [3.05, 3.63) is 156 Å². The Labute approximate surface area is 224 Å². The first kappa shape index (κ1) is 21.7. The number of allylic oxidation sites excluding steroid dienone is 3. The van der Waals surface area contributed by atoms with Gasteiger partial charge in [0.2, 0.25) is 0 Å². The number of para-hydroxylation sites is 2. The number of hydrogen-bond acceptors (Lipinski definition) is 0. The van der Waals surface area contributed by atoms with Gasteiger partial charge in [-0.1, -0.05) is 97.1 Å². The standard InChI is InChI=1S/C36H25NS/c1-3-10-25(11-4-1)22-28-12-9-21-38-35-20-18-26(23-32(35)36(28)38)27-17-19-31-30-15-7-8-16-33(30)37(34(31)24-27)29-13-5-2-6-14-29/h1-21,23-24H,22H2. The van der Waals surface area contributed by atoms with Crippen LogP contribution in [0.5, 0.6) is 0 Å². The molecule has 1 atom stereocenters. The molecule has 38 heavy (non-hydrogen) atoms. The molecule has 2 aliphatic heterocycles. The van der Waals surface area contributed by atoms with Crippen LogP contribution < -0.4 is 0 Å². The first-order chi connectivity index (χ1) is 18.8. The zero-order chi connectivity index (χ0) is 25.1. The van der Waals surface area contributed by atoms with Gasteiger partial charge in [0, 0.05) is 31.8 Å². The Morgan fingerprint density at radius 3 is 2.18 bits per heavy atom. The highest BCUT2D eigenvalue weighted by molar-refractivity contribution is 8.20. The summed E-state index contributed by atoms with van der Waals surface area (Å²) in [6.45, 7) is 0. The van der Waals surface area contributed by atoms with Crippen LogP contribution >= 0.6 is 10.5 Å². The third kappa shape index (κ3) is 3.31. The molecule has 0 amide bonds. The minimum absolute atomic E-state index is 0.105. The molecule has 180 valence electrons. The molecular formula is C36H25NS. The Hall–Kier alpha value is -4.40. The first-order valence-corrected chi connectivity index (χ1v) is 14.4. The van der Waals surface area contributed by atoms with Gasteiger partial charge in [-0.25, -0.2) is 0 Å². The minimum Gasteiger partial charge on any atom is -0.309 e. The molecule has 0 fully saturated rings. The SMILES string of the molecule is C1=CS2=C(C(Cc3ccccc3)=C1)c1cc(-c3ccc4c5ccccc5n(-c5ccccc5)c4c3)ccc12. The number of fused-ring (bicyclic) bond motifs is 6. The number of benzene rings is 5. The Bertz CT molecular complexity index is 1970. The average molecular weight is 504 g/mol. The van der Waals surface area contributed by atoms with Gasteiger partial charge in [-0.05, 0) is 70.5 Å². The van der Waals surface area contributed by atoms with Crippen LogP contribution in [0.1, 0.15) is 11.1 Å². The monoisotopic (exact) mass is 503 g/mol. The molecule has 1 unspecified atom stereocenters. The molecule has 0 aliphatic carbocycles. The highest BCUT2D eigenvalue weighted by Crippen LogP contribution is 2.49. The maximum Gasteiger partial charge on any atom is 0.0547 e. The molecule has 0 radical (unpaired) electrons. The maximum atomic E-state index is 2.42. The van der Waals surface area contributed by atoms with Gasteiger partial charge in [-0.2, -0.15) is 0 Å². The first-order valence-electron chi connectivity index (χ1n) is 13.1. The van der Waals surface area contributed by atoms with E-state index in [-0.39, 0.29) is 10.5 Å². The second kappa shape index (κ2) is 8.58. The normalized spacial score (nSPS) is 15.7. The van der Waals surface area contributed by atoms with E-state index < -0.39 is 0 Å². The van der Waals surface area contributed by atoms with Gasteiger partial charge in [-0.15, -0.1) is 10.5 Å². The summed E-state index contributed by atoms with van der Waals surface area (Å²) in [5, 5.41) is 4.95. The largest absolute Gasteiger partial charge is 0.309 e. The Kier molecular flexibility index (Phi) is 4.89. The van der Waals surface area contributed by atoms with Crippen LogP contribution in [-0.2, 0) is 6.42 Å². The van der Waals surface area contributed by atoms with E-state index in [0.717, 1.165) is 6.42 Å². The summed E-state index contributed by atoms with van der Waals surface area (Å²) in [6.07, 6.45) is 5.54. The van der Waals surface area contributed by atoms with E-state index in [1.807, 2.05) is 0 Å². The minimum atomic E-state index is 0.105. The molecule has 8 rings (SSSR count). The van der Waals surface area contributed by atoms with Crippen molar-refractivity contribution in [1.29, 1.82) is 0 Å². The summed E-state index contributed by atoms with van der Waals surface area (Å²) < 4.78 is 2.40. The van der Waals surface area contributed by atoms with E-state index in [1.54, 1.807) is 0 Å². The Morgan fingerprint density at radius 1 is 0.605 bits per heavy atom. The smallest absolute Gasteiger partial charge is 0.0547 e. The molecular weight excluding hydrogens is 478 g/mol. The van der Waals surface area contributed by atoms with Crippen molar-refractivity contribution in [2.24, 2.45) is 0 Å². The summed E-state index contributed by atoms with van der Waals surface area (Å²) in [6, 6.07) is 44.3. The highest BCUT2D eigenvalue weighted by Gasteiger charge is 2.28. The second-order valence-corrected chi connectivity index (χ2v) is 11.8. The van der Waals surface area contributed by atoms with Crippen LogP contribution in [0.2, 0.25) is 0 Å². The topological polar surface area (TPSA) is 4.93 Å². The van der Waals surface area contributed by atoms with Gasteiger partial charge in [0.25, 0.3) is 0 Å². The molecule has 0 saturated heterocycles. The van der Waals surface area contributed by atoms with Crippen molar-refractivity contribution in [2.75, 3.05) is 0 Å². The third-order valence-electron chi connectivity index (χ3n) is 7.74. The van der Waals surface area contributed by atoms with Crippen LogP contribution in [0.4, 0.5) is 0 Å². The predicted molar refractivity (Wildman–Crippen MR) is 164 cm³/mol. The summed E-state index contributed by atoms with van der Waals surface area (Å²) in [7, 11) is 0.105. The van der Waals surface area contributed by atoms with Gasteiger partial charge in [0.05, 0.1) is 11.0 Å². The van der Waals surface area contributed by atoms with Gasteiger partial charge in [0.1, 0.15) is 0 Å². The van der Waals surface area contributed by atoms with Crippen molar-refractivity contribution in [3.63, 3.8) is 0 Å². The molecule has 0 N–H and O–H groups in total. The van der Waals surface area contributed by atoms with Crippen molar-refractivity contribution < 1.29 is 0 Å². The number of hydrogen-bond donors (Lipinski definition) is 0. The van der Waals surface area contributed by atoms with E-state index in [0.29, 0.717) is 0 Å². The average Bonchev–Trinajstić information content (AvgIpc) is 3.30.